The monoisotopic (exact) mass is 454 g/mol. The van der Waals surface area contributed by atoms with Crippen molar-refractivity contribution in [3.8, 4) is 5.75 Å². The van der Waals surface area contributed by atoms with Crippen molar-refractivity contribution in [1.29, 1.82) is 0 Å². The van der Waals surface area contributed by atoms with Crippen LogP contribution in [0, 0.1) is 29.6 Å². The Kier molecular flexibility index (Phi) is 4.78. The quantitative estimate of drug-likeness (QED) is 0.503. The van der Waals surface area contributed by atoms with E-state index < -0.39 is 56.8 Å². The van der Waals surface area contributed by atoms with E-state index in [4.69, 9.17) is 0 Å². The lowest BCUT2D eigenvalue weighted by Gasteiger charge is -2.59. The average Bonchev–Trinajstić information content (AvgIpc) is 2.67. The lowest BCUT2D eigenvalue weighted by molar-refractivity contribution is -0.178. The third-order valence-corrected chi connectivity index (χ3v) is 8.12. The molecule has 4 rings (SSSR count). The van der Waals surface area contributed by atoms with Gasteiger partial charge in [0.05, 0.1) is 5.56 Å². The molecule has 0 heterocycles. The number of carbonyl (C=O) groups is 3. The Labute approximate surface area is 192 Å². The third kappa shape index (κ3) is 2.63. The van der Waals surface area contributed by atoms with Crippen molar-refractivity contribution in [3.63, 3.8) is 0 Å². The van der Waals surface area contributed by atoms with Crippen LogP contribution in [0.5, 0.6) is 5.75 Å². The smallest absolute Gasteiger partial charge is 0.203 e. The summed E-state index contributed by atoms with van der Waals surface area (Å²) in [6.45, 7) is 9.90. The number of phenols is 1. The van der Waals surface area contributed by atoms with Gasteiger partial charge in [0.2, 0.25) is 5.78 Å². The molecule has 0 bridgehead atoms. The van der Waals surface area contributed by atoms with Crippen LogP contribution in [0.3, 0.4) is 0 Å². The van der Waals surface area contributed by atoms with Crippen LogP contribution in [0.1, 0.15) is 57.7 Å². The van der Waals surface area contributed by atoms with Crippen LogP contribution in [-0.2, 0) is 20.8 Å². The van der Waals surface area contributed by atoms with E-state index in [2.05, 4.69) is 0 Å². The van der Waals surface area contributed by atoms with Crippen LogP contribution >= 0.6 is 0 Å². The zero-order chi connectivity index (χ0) is 24.8. The number of carbonyl (C=O) groups excluding carboxylic acids is 3. The van der Waals surface area contributed by atoms with E-state index >= 15 is 0 Å². The molecule has 1 fully saturated rings. The highest BCUT2D eigenvalue weighted by Gasteiger charge is 2.72. The topological polar surface area (TPSA) is 132 Å². The fourth-order valence-electron chi connectivity index (χ4n) is 6.87. The summed E-state index contributed by atoms with van der Waals surface area (Å²) in [6, 6.07) is 3.16. The number of aliphatic hydroxyl groups is 3. The molecule has 0 saturated heterocycles. The fraction of sp³-hybridized carbons (Fsp3) is 0.500. The van der Waals surface area contributed by atoms with Gasteiger partial charge in [-0.2, -0.15) is 0 Å². The summed E-state index contributed by atoms with van der Waals surface area (Å²) < 4.78 is 0. The molecule has 176 valence electrons. The largest absolute Gasteiger partial charge is 0.508 e. The van der Waals surface area contributed by atoms with Crippen LogP contribution in [-0.4, -0.2) is 43.4 Å². The molecule has 1 saturated carbocycles. The average molecular weight is 455 g/mol. The molecule has 4 N–H and O–H groups in total. The number of ketones is 3. The second-order valence-corrected chi connectivity index (χ2v) is 10.7. The van der Waals surface area contributed by atoms with Gasteiger partial charge in [-0.05, 0) is 49.8 Å². The predicted octanol–water partition coefficient (Wildman–Crippen LogP) is 3.50. The molecule has 0 aliphatic heterocycles. The highest BCUT2D eigenvalue weighted by molar-refractivity contribution is 6.24. The summed E-state index contributed by atoms with van der Waals surface area (Å²) in [7, 11) is 0. The zero-order valence-corrected chi connectivity index (χ0v) is 19.7. The minimum Gasteiger partial charge on any atom is -0.508 e. The Morgan fingerprint density at radius 2 is 1.73 bits per heavy atom. The highest BCUT2D eigenvalue weighted by atomic mass is 16.3. The van der Waals surface area contributed by atoms with Crippen molar-refractivity contribution in [1.82, 2.24) is 0 Å². The Hall–Kier alpha value is -2.93. The number of rotatable bonds is 2. The van der Waals surface area contributed by atoms with Gasteiger partial charge in [-0.15, -0.1) is 0 Å². The summed E-state index contributed by atoms with van der Waals surface area (Å²) in [6.07, 6.45) is 0.391. The van der Waals surface area contributed by atoms with Gasteiger partial charge in [-0.25, -0.2) is 0 Å². The second kappa shape index (κ2) is 6.79. The van der Waals surface area contributed by atoms with Crippen molar-refractivity contribution in [2.24, 2.45) is 22.7 Å². The minimum atomic E-state index is -2.57. The van der Waals surface area contributed by atoms with Gasteiger partial charge in [-0.3, -0.25) is 14.4 Å². The van der Waals surface area contributed by atoms with Gasteiger partial charge in [0.25, 0.3) is 0 Å². The molecule has 7 nitrogen and oxygen atoms in total. The first-order valence-electron chi connectivity index (χ1n) is 11.1. The van der Waals surface area contributed by atoms with Crippen molar-refractivity contribution in [2.75, 3.05) is 0 Å². The molecule has 1 aromatic carbocycles. The van der Waals surface area contributed by atoms with Crippen LogP contribution in [0.15, 0.2) is 29.0 Å². The summed E-state index contributed by atoms with van der Waals surface area (Å²) in [5, 5.41) is 44.7. The number of hydrogen-bond acceptors (Lipinski definition) is 7. The maximum absolute atomic E-state index is 14.0. The SMILES string of the molecule is CC(=O)C1=C(O)[C@]2(O)C(=O)C3=C(O)c4c(O)ccc(C)c4C[C@]3(C)C[C@]2(C)C(C(C)C)C1=O. The van der Waals surface area contributed by atoms with Crippen LogP contribution in [0.25, 0.3) is 5.76 Å². The van der Waals surface area contributed by atoms with Crippen molar-refractivity contribution in [2.45, 2.75) is 60.0 Å². The minimum absolute atomic E-state index is 0.0972. The molecule has 3 aliphatic rings. The molecule has 33 heavy (non-hydrogen) atoms. The number of phenolic OH excluding ortho intramolecular Hbond substituents is 1. The molecular formula is C26H30O7. The van der Waals surface area contributed by atoms with E-state index in [1.54, 1.807) is 33.8 Å². The Balaban J connectivity index is 2.10. The maximum atomic E-state index is 14.0. The highest BCUT2D eigenvalue weighted by Crippen LogP contribution is 2.65. The first-order chi connectivity index (χ1) is 15.1. The van der Waals surface area contributed by atoms with Crippen LogP contribution in [0.4, 0.5) is 0 Å². The Morgan fingerprint density at radius 1 is 1.12 bits per heavy atom. The number of aliphatic hydroxyl groups excluding tert-OH is 2. The van der Waals surface area contributed by atoms with E-state index in [-0.39, 0.29) is 29.2 Å². The first kappa shape index (κ1) is 23.2. The summed E-state index contributed by atoms with van der Waals surface area (Å²) in [4.78, 5) is 39.7. The van der Waals surface area contributed by atoms with Crippen molar-refractivity contribution in [3.05, 3.63) is 45.7 Å². The summed E-state index contributed by atoms with van der Waals surface area (Å²) >= 11 is 0. The molecule has 4 atom stereocenters. The number of aryl methyl sites for hydroxylation is 1. The van der Waals surface area contributed by atoms with Crippen molar-refractivity contribution >= 4 is 23.1 Å². The molecule has 0 spiro atoms. The molecule has 7 heteroatoms. The fourth-order valence-corrected chi connectivity index (χ4v) is 6.87. The van der Waals surface area contributed by atoms with E-state index in [9.17, 15) is 34.8 Å². The van der Waals surface area contributed by atoms with E-state index in [1.807, 2.05) is 6.92 Å². The van der Waals surface area contributed by atoms with Gasteiger partial charge < -0.3 is 20.4 Å². The molecule has 0 radical (unpaired) electrons. The lowest BCUT2D eigenvalue weighted by Crippen LogP contribution is -2.69. The van der Waals surface area contributed by atoms with Gasteiger partial charge >= 0.3 is 0 Å². The number of aromatic hydroxyl groups is 1. The molecular weight excluding hydrogens is 424 g/mol. The van der Waals surface area contributed by atoms with E-state index in [1.165, 1.54) is 6.07 Å². The number of Topliss-reactive ketones (excluding diaryl/α,β-unsaturated/α-hetero) is 3. The molecule has 0 aromatic heterocycles. The lowest BCUT2D eigenvalue weighted by atomic mass is 9.43. The third-order valence-electron chi connectivity index (χ3n) is 8.12. The number of hydrogen-bond donors (Lipinski definition) is 4. The van der Waals surface area contributed by atoms with Gasteiger partial charge in [0.1, 0.15) is 22.8 Å². The Morgan fingerprint density at radius 3 is 2.27 bits per heavy atom. The van der Waals surface area contributed by atoms with Crippen LogP contribution in [0.2, 0.25) is 0 Å². The maximum Gasteiger partial charge on any atom is 0.203 e. The number of fused-ring (bicyclic) bond motifs is 3. The molecule has 1 aromatic rings. The van der Waals surface area contributed by atoms with Crippen LogP contribution < -0.4 is 0 Å². The molecule has 1 unspecified atom stereocenters. The van der Waals surface area contributed by atoms with E-state index in [0.717, 1.165) is 12.5 Å². The predicted molar refractivity (Wildman–Crippen MR) is 121 cm³/mol. The molecule has 3 aliphatic carbocycles. The summed E-state index contributed by atoms with van der Waals surface area (Å²) in [5.41, 5.74) is -4.01. The summed E-state index contributed by atoms with van der Waals surface area (Å²) in [5.74, 6) is -5.11. The Bertz CT molecular complexity index is 1200. The molecule has 0 amide bonds. The zero-order valence-electron chi connectivity index (χ0n) is 19.7. The van der Waals surface area contributed by atoms with E-state index in [0.29, 0.717) is 12.0 Å². The number of allylic oxidation sites excluding steroid dienone is 1. The van der Waals surface area contributed by atoms with Gasteiger partial charge in [0, 0.05) is 22.3 Å². The van der Waals surface area contributed by atoms with Gasteiger partial charge in [-0.1, -0.05) is 33.8 Å². The van der Waals surface area contributed by atoms with Gasteiger partial charge in [0.15, 0.2) is 17.2 Å². The number of benzene rings is 1. The normalized spacial score (nSPS) is 33.8. The standard InChI is InChI=1S/C26H30O7/c1-11(2)18-20(29)16(13(4)27)22(31)26(33)23(32)19-21(30)17-14(12(3)7-8-15(17)28)9-24(19,5)10-25(18,26)6/h7-8,11,18,28,30-31,33H,9-10H2,1-6H3/t18?,24-,25-,26+/m1/s1. The first-order valence-corrected chi connectivity index (χ1v) is 11.1. The van der Waals surface area contributed by atoms with Crippen molar-refractivity contribution < 1.29 is 34.8 Å². The second-order valence-electron chi connectivity index (χ2n) is 10.7.